The first-order chi connectivity index (χ1) is 14.0. The number of likely N-dealkylation sites (N-methyl/N-ethyl adjacent to an activating group) is 1. The van der Waals surface area contributed by atoms with Crippen LogP contribution in [0.4, 0.5) is 21.5 Å². The molecule has 1 unspecified atom stereocenters. The molecule has 1 atom stereocenters. The number of anilines is 3. The van der Waals surface area contributed by atoms with E-state index in [1.54, 1.807) is 7.05 Å². The fourth-order valence-electron chi connectivity index (χ4n) is 3.46. The Kier molecular flexibility index (Phi) is 7.19. The minimum absolute atomic E-state index is 0.138. The van der Waals surface area contributed by atoms with Gasteiger partial charge in [-0.25, -0.2) is 4.39 Å². The molecule has 3 N–H and O–H groups in total. The first-order valence-corrected chi connectivity index (χ1v) is 10.0. The monoisotopic (exact) mass is 399 g/mol. The van der Waals surface area contributed by atoms with Crippen LogP contribution in [-0.2, 0) is 9.59 Å². The summed E-state index contributed by atoms with van der Waals surface area (Å²) >= 11 is 0. The van der Waals surface area contributed by atoms with Gasteiger partial charge in [-0.3, -0.25) is 9.59 Å². The Hall–Kier alpha value is -2.93. The molecule has 29 heavy (non-hydrogen) atoms. The summed E-state index contributed by atoms with van der Waals surface area (Å²) in [5.41, 5.74) is 2.46. The van der Waals surface area contributed by atoms with E-state index in [-0.39, 0.29) is 30.7 Å². The summed E-state index contributed by atoms with van der Waals surface area (Å²) in [6.07, 6.45) is 3.74. The minimum Gasteiger partial charge on any atom is -0.372 e. The number of halogens is 1. The van der Waals surface area contributed by atoms with Crippen LogP contribution >= 0.6 is 0 Å². The van der Waals surface area contributed by atoms with Crippen LogP contribution in [0.2, 0.25) is 0 Å². The van der Waals surface area contributed by atoms with Gasteiger partial charge in [0.05, 0.1) is 7.05 Å². The molecule has 1 heterocycles. The number of quaternary nitrogens is 1. The molecule has 6 nitrogen and oxygen atoms in total. The largest absolute Gasteiger partial charge is 0.372 e. The second-order valence-electron chi connectivity index (χ2n) is 7.51. The highest BCUT2D eigenvalue weighted by atomic mass is 19.1. The van der Waals surface area contributed by atoms with Crippen molar-refractivity contribution in [2.45, 2.75) is 19.3 Å². The standard InChI is InChI=1S/C22H27FN4O2/c1-26(15-21(28)24-18-7-5-17(23)6-8-18)16-22(29)25-19-9-11-20(12-10-19)27-13-3-2-4-14-27/h5-12H,2-4,13-16H2,1H3,(H,24,28)(H,25,29)/p+1. The zero-order valence-electron chi connectivity index (χ0n) is 16.7. The van der Waals surface area contributed by atoms with Crippen molar-refractivity contribution in [3.05, 3.63) is 54.3 Å². The van der Waals surface area contributed by atoms with Gasteiger partial charge in [-0.2, -0.15) is 0 Å². The van der Waals surface area contributed by atoms with Gasteiger partial charge in [-0.1, -0.05) is 0 Å². The predicted molar refractivity (Wildman–Crippen MR) is 113 cm³/mol. The van der Waals surface area contributed by atoms with Crippen LogP contribution in [0.5, 0.6) is 0 Å². The number of nitrogens with zero attached hydrogens (tertiary/aromatic N) is 1. The second kappa shape index (κ2) is 10.0. The summed E-state index contributed by atoms with van der Waals surface area (Å²) in [6.45, 7) is 2.48. The number of carbonyl (C=O) groups is 2. The summed E-state index contributed by atoms with van der Waals surface area (Å²) in [7, 11) is 1.78. The van der Waals surface area contributed by atoms with Gasteiger partial charge in [-0.15, -0.1) is 0 Å². The second-order valence-corrected chi connectivity index (χ2v) is 7.51. The molecule has 2 aromatic rings. The molecular weight excluding hydrogens is 371 g/mol. The number of benzene rings is 2. The molecule has 1 saturated heterocycles. The molecule has 7 heteroatoms. The lowest BCUT2D eigenvalue weighted by molar-refractivity contribution is -0.862. The van der Waals surface area contributed by atoms with Gasteiger partial charge in [-0.05, 0) is 67.8 Å². The maximum atomic E-state index is 12.9. The summed E-state index contributed by atoms with van der Waals surface area (Å²) in [5.74, 6) is -0.734. The van der Waals surface area contributed by atoms with Crippen molar-refractivity contribution in [1.29, 1.82) is 0 Å². The molecule has 2 aromatic carbocycles. The molecule has 2 amide bonds. The number of carbonyl (C=O) groups excluding carboxylic acids is 2. The minimum atomic E-state index is -0.355. The van der Waals surface area contributed by atoms with E-state index in [4.69, 9.17) is 0 Å². The predicted octanol–water partition coefficient (Wildman–Crippen LogP) is 1.91. The molecule has 0 aliphatic carbocycles. The number of hydrogen-bond acceptors (Lipinski definition) is 3. The van der Waals surface area contributed by atoms with E-state index in [9.17, 15) is 14.0 Å². The quantitative estimate of drug-likeness (QED) is 0.666. The Bertz CT molecular complexity index is 818. The fourth-order valence-corrected chi connectivity index (χ4v) is 3.46. The lowest BCUT2D eigenvalue weighted by Gasteiger charge is -2.28. The molecule has 3 rings (SSSR count). The van der Waals surface area contributed by atoms with Crippen LogP contribution in [0.15, 0.2) is 48.5 Å². The average Bonchev–Trinajstić information content (AvgIpc) is 2.70. The molecule has 0 aromatic heterocycles. The molecular formula is C22H28FN4O2+. The molecule has 0 bridgehead atoms. The first kappa shape index (κ1) is 20.8. The van der Waals surface area contributed by atoms with E-state index in [1.807, 2.05) is 24.3 Å². The van der Waals surface area contributed by atoms with Crippen molar-refractivity contribution in [2.75, 3.05) is 48.8 Å². The number of hydrogen-bond donors (Lipinski definition) is 3. The number of piperidine rings is 1. The summed E-state index contributed by atoms with van der Waals surface area (Å²) in [6, 6.07) is 13.5. The van der Waals surface area contributed by atoms with Gasteiger partial charge in [0, 0.05) is 30.2 Å². The third kappa shape index (κ3) is 6.57. The molecule has 154 valence electrons. The lowest BCUT2D eigenvalue weighted by Crippen LogP contribution is -3.11. The molecule has 0 radical (unpaired) electrons. The average molecular weight is 399 g/mol. The van der Waals surface area contributed by atoms with Gasteiger partial charge in [0.15, 0.2) is 13.1 Å². The van der Waals surface area contributed by atoms with Crippen molar-refractivity contribution >= 4 is 28.9 Å². The zero-order chi connectivity index (χ0) is 20.6. The van der Waals surface area contributed by atoms with Crippen molar-refractivity contribution < 1.29 is 18.9 Å². The number of rotatable bonds is 7. The Balaban J connectivity index is 1.43. The van der Waals surface area contributed by atoms with E-state index in [1.165, 1.54) is 49.2 Å². The van der Waals surface area contributed by atoms with Gasteiger partial charge in [0.1, 0.15) is 5.82 Å². The van der Waals surface area contributed by atoms with E-state index >= 15 is 0 Å². The third-order valence-electron chi connectivity index (χ3n) is 4.92. The molecule has 1 aliphatic rings. The Morgan fingerprint density at radius 2 is 1.34 bits per heavy atom. The highest BCUT2D eigenvalue weighted by Gasteiger charge is 2.15. The zero-order valence-corrected chi connectivity index (χ0v) is 16.7. The highest BCUT2D eigenvalue weighted by molar-refractivity contribution is 5.93. The van der Waals surface area contributed by atoms with E-state index in [0.717, 1.165) is 23.7 Å². The van der Waals surface area contributed by atoms with E-state index < -0.39 is 0 Å². The maximum absolute atomic E-state index is 12.9. The van der Waals surface area contributed by atoms with Gasteiger partial charge in [0.25, 0.3) is 11.8 Å². The van der Waals surface area contributed by atoms with E-state index in [0.29, 0.717) is 5.69 Å². The maximum Gasteiger partial charge on any atom is 0.279 e. The van der Waals surface area contributed by atoms with Gasteiger partial charge < -0.3 is 20.4 Å². The van der Waals surface area contributed by atoms with Crippen LogP contribution in [0.25, 0.3) is 0 Å². The highest BCUT2D eigenvalue weighted by Crippen LogP contribution is 2.21. The van der Waals surface area contributed by atoms with Crippen molar-refractivity contribution in [1.82, 2.24) is 0 Å². The van der Waals surface area contributed by atoms with Crippen LogP contribution < -0.4 is 20.4 Å². The first-order valence-electron chi connectivity index (χ1n) is 10.0. The Morgan fingerprint density at radius 1 is 0.862 bits per heavy atom. The summed E-state index contributed by atoms with van der Waals surface area (Å²) < 4.78 is 12.9. The molecule has 1 aliphatic heterocycles. The number of nitrogens with one attached hydrogen (secondary N) is 3. The van der Waals surface area contributed by atoms with Crippen LogP contribution in [0, 0.1) is 5.82 Å². The normalized spacial score (nSPS) is 14.9. The molecule has 1 fully saturated rings. The van der Waals surface area contributed by atoms with Crippen LogP contribution in [-0.4, -0.2) is 45.0 Å². The molecule has 0 saturated carbocycles. The van der Waals surface area contributed by atoms with Gasteiger partial charge >= 0.3 is 0 Å². The Labute approximate surface area is 170 Å². The number of amides is 2. The van der Waals surface area contributed by atoms with E-state index in [2.05, 4.69) is 15.5 Å². The summed E-state index contributed by atoms with van der Waals surface area (Å²) in [4.78, 5) is 27.5. The SMILES string of the molecule is C[NH+](CC(=O)Nc1ccc(F)cc1)CC(=O)Nc1ccc(N2CCCCC2)cc1. The fraction of sp³-hybridized carbons (Fsp3) is 0.364. The van der Waals surface area contributed by atoms with Gasteiger partial charge in [0.2, 0.25) is 0 Å². The van der Waals surface area contributed by atoms with Crippen molar-refractivity contribution in [2.24, 2.45) is 0 Å². The summed E-state index contributed by atoms with van der Waals surface area (Å²) in [5, 5.41) is 5.58. The topological polar surface area (TPSA) is 65.9 Å². The van der Waals surface area contributed by atoms with Crippen molar-refractivity contribution in [3.8, 4) is 0 Å². The van der Waals surface area contributed by atoms with Crippen LogP contribution in [0.1, 0.15) is 19.3 Å². The Morgan fingerprint density at radius 3 is 1.86 bits per heavy atom. The van der Waals surface area contributed by atoms with Crippen LogP contribution in [0.3, 0.4) is 0 Å². The smallest absolute Gasteiger partial charge is 0.279 e. The lowest BCUT2D eigenvalue weighted by atomic mass is 10.1. The van der Waals surface area contributed by atoms with Crippen molar-refractivity contribution in [3.63, 3.8) is 0 Å². The third-order valence-corrected chi connectivity index (χ3v) is 4.92. The molecule has 0 spiro atoms.